The lowest BCUT2D eigenvalue weighted by molar-refractivity contribution is -0.140. The molecule has 8 N–H and O–H groups in total. The summed E-state index contributed by atoms with van der Waals surface area (Å²) in [6.45, 7) is 12.3. The predicted molar refractivity (Wildman–Crippen MR) is 204 cm³/mol. The van der Waals surface area contributed by atoms with E-state index in [1.807, 2.05) is 44.2 Å². The first-order chi connectivity index (χ1) is 25.4. The molecule has 0 saturated carbocycles. The molecule has 0 aliphatic heterocycles. The molecule has 2 rings (SSSR count). The van der Waals surface area contributed by atoms with Crippen LogP contribution in [-0.4, -0.2) is 93.2 Å². The van der Waals surface area contributed by atoms with Crippen LogP contribution >= 0.6 is 0 Å². The molecule has 14 heteroatoms. The van der Waals surface area contributed by atoms with Crippen LogP contribution in [0.4, 0.5) is 0 Å². The van der Waals surface area contributed by atoms with E-state index in [-0.39, 0.29) is 36.5 Å². The number of rotatable bonds is 22. The number of hydrogen-bond donors (Lipinski definition) is 8. The minimum absolute atomic E-state index is 0.00581. The number of hydrogen-bond acceptors (Lipinski definition) is 8. The number of nitrogens with one attached hydrogen (secondary N) is 5. The van der Waals surface area contributed by atoms with Crippen LogP contribution in [0.25, 0.3) is 0 Å². The zero-order valence-electron chi connectivity index (χ0n) is 32.4. The maximum Gasteiger partial charge on any atom is 0.306 e. The zero-order valence-corrected chi connectivity index (χ0v) is 32.4. The molecule has 0 aliphatic carbocycles. The molecule has 0 saturated heterocycles. The number of carbonyl (C=O) groups is 6. The predicted octanol–water partition coefficient (Wildman–Crippen LogP) is 1.86. The van der Waals surface area contributed by atoms with Crippen molar-refractivity contribution in [3.8, 4) is 0 Å². The Hall–Kier alpha value is -4.82. The van der Waals surface area contributed by atoms with Gasteiger partial charge in [-0.3, -0.25) is 28.8 Å². The molecule has 14 nitrogen and oxygen atoms in total. The maximum atomic E-state index is 13.6. The van der Waals surface area contributed by atoms with E-state index in [1.165, 1.54) is 6.92 Å². The standard InChI is InChI=1S/C40H59N5O9/c1-23(2)18-29(43-39(53)37(25(5)6)45-40(54)36(24(3)4)44-33(48)20-28-16-12-9-13-17-28)31(46)21-34(49)41-26(7)38(52)42-30(32(47)22-35(50)51)19-27-14-10-8-11-15-27/h8-17,23-26,29-32,36-37,46-47H,18-22H2,1-7H3,(H,41,49)(H,42,52)(H,43,53)(H,44,48)(H,45,54)(H,50,51). The van der Waals surface area contributed by atoms with Gasteiger partial charge in [-0.05, 0) is 48.6 Å². The molecule has 0 bridgehead atoms. The lowest BCUT2D eigenvalue weighted by atomic mass is 9.95. The van der Waals surface area contributed by atoms with E-state index < -0.39 is 84.9 Å². The van der Waals surface area contributed by atoms with Gasteiger partial charge in [-0.2, -0.15) is 0 Å². The molecule has 2 aromatic rings. The first-order valence-electron chi connectivity index (χ1n) is 18.5. The van der Waals surface area contributed by atoms with E-state index in [2.05, 4.69) is 26.6 Å². The van der Waals surface area contributed by atoms with E-state index >= 15 is 0 Å². The second-order valence-corrected chi connectivity index (χ2v) is 15.0. The second-order valence-electron chi connectivity index (χ2n) is 15.0. The molecule has 0 fully saturated rings. The number of benzene rings is 2. The molecule has 0 radical (unpaired) electrons. The Morgan fingerprint density at radius 1 is 0.556 bits per heavy atom. The SMILES string of the molecule is CC(C)CC(NC(=O)C(NC(=O)C(NC(=O)Cc1ccccc1)C(C)C)C(C)C)C(O)CC(=O)NC(C)C(=O)NC(Cc1ccccc1)C(O)CC(=O)O. The van der Waals surface area contributed by atoms with E-state index in [0.29, 0.717) is 6.42 Å². The first-order valence-corrected chi connectivity index (χ1v) is 18.5. The van der Waals surface area contributed by atoms with Gasteiger partial charge in [0.15, 0.2) is 0 Å². The highest BCUT2D eigenvalue weighted by Gasteiger charge is 2.34. The van der Waals surface area contributed by atoms with Crippen LogP contribution in [0.3, 0.4) is 0 Å². The van der Waals surface area contributed by atoms with Crippen LogP contribution in [0.15, 0.2) is 60.7 Å². The third kappa shape index (κ3) is 16.0. The summed E-state index contributed by atoms with van der Waals surface area (Å²) in [5, 5.41) is 44.4. The van der Waals surface area contributed by atoms with Crippen LogP contribution in [-0.2, 0) is 41.6 Å². The van der Waals surface area contributed by atoms with Gasteiger partial charge < -0.3 is 41.9 Å². The van der Waals surface area contributed by atoms with Gasteiger partial charge >= 0.3 is 5.97 Å². The maximum absolute atomic E-state index is 13.6. The summed E-state index contributed by atoms with van der Waals surface area (Å²) in [5.74, 6) is -4.70. The Balaban J connectivity index is 2.07. The van der Waals surface area contributed by atoms with Gasteiger partial charge in [-0.15, -0.1) is 0 Å². The van der Waals surface area contributed by atoms with Gasteiger partial charge in [-0.25, -0.2) is 0 Å². The van der Waals surface area contributed by atoms with Crippen molar-refractivity contribution in [1.29, 1.82) is 0 Å². The molecule has 0 aliphatic rings. The average molecular weight is 754 g/mol. The van der Waals surface area contributed by atoms with Gasteiger partial charge in [-0.1, -0.05) is 102 Å². The quantitative estimate of drug-likeness (QED) is 0.0878. The molecule has 7 atom stereocenters. The molecular formula is C40H59N5O9. The lowest BCUT2D eigenvalue weighted by Gasteiger charge is -2.31. The molecule has 7 unspecified atom stereocenters. The molecule has 0 spiro atoms. The molecule has 0 heterocycles. The smallest absolute Gasteiger partial charge is 0.306 e. The highest BCUT2D eigenvalue weighted by Crippen LogP contribution is 2.15. The van der Waals surface area contributed by atoms with E-state index in [1.54, 1.807) is 58.0 Å². The summed E-state index contributed by atoms with van der Waals surface area (Å²) in [5.41, 5.74) is 1.55. The molecule has 2 aromatic carbocycles. The molecule has 54 heavy (non-hydrogen) atoms. The van der Waals surface area contributed by atoms with Crippen LogP contribution in [0.5, 0.6) is 0 Å². The summed E-state index contributed by atoms with van der Waals surface area (Å²) in [7, 11) is 0. The van der Waals surface area contributed by atoms with Crippen molar-refractivity contribution >= 4 is 35.5 Å². The second kappa shape index (κ2) is 22.4. The third-order valence-corrected chi connectivity index (χ3v) is 8.88. The van der Waals surface area contributed by atoms with Gasteiger partial charge in [0.05, 0.1) is 43.6 Å². The fourth-order valence-corrected chi connectivity index (χ4v) is 5.89. The van der Waals surface area contributed by atoms with Crippen molar-refractivity contribution in [2.24, 2.45) is 17.8 Å². The number of aliphatic hydroxyl groups is 2. The monoisotopic (exact) mass is 753 g/mol. The van der Waals surface area contributed by atoms with Crippen molar-refractivity contribution in [1.82, 2.24) is 26.6 Å². The minimum Gasteiger partial charge on any atom is -0.481 e. The Labute approximate surface area is 318 Å². The Bertz CT molecular complexity index is 1520. The normalized spacial score (nSPS) is 15.3. The van der Waals surface area contributed by atoms with Gasteiger partial charge in [0.1, 0.15) is 18.1 Å². The zero-order chi connectivity index (χ0) is 40.5. The number of amides is 5. The fourth-order valence-electron chi connectivity index (χ4n) is 5.89. The van der Waals surface area contributed by atoms with Crippen LogP contribution in [0.1, 0.15) is 78.9 Å². The van der Waals surface area contributed by atoms with Crippen LogP contribution in [0.2, 0.25) is 0 Å². The Morgan fingerprint density at radius 3 is 1.56 bits per heavy atom. The number of aliphatic carboxylic acids is 1. The topological polar surface area (TPSA) is 223 Å². The summed E-state index contributed by atoms with van der Waals surface area (Å²) < 4.78 is 0. The summed E-state index contributed by atoms with van der Waals surface area (Å²) in [6.07, 6.45) is -3.30. The van der Waals surface area contributed by atoms with Crippen molar-refractivity contribution in [3.05, 3.63) is 71.8 Å². The van der Waals surface area contributed by atoms with Crippen molar-refractivity contribution in [2.45, 2.75) is 123 Å². The average Bonchev–Trinajstić information content (AvgIpc) is 3.08. The Kier molecular flexibility index (Phi) is 18.8. The van der Waals surface area contributed by atoms with Crippen molar-refractivity contribution in [3.63, 3.8) is 0 Å². The highest BCUT2D eigenvalue weighted by molar-refractivity contribution is 5.93. The van der Waals surface area contributed by atoms with Gasteiger partial charge in [0.2, 0.25) is 29.5 Å². The summed E-state index contributed by atoms with van der Waals surface area (Å²) >= 11 is 0. The van der Waals surface area contributed by atoms with Crippen molar-refractivity contribution in [2.75, 3.05) is 0 Å². The van der Waals surface area contributed by atoms with Crippen LogP contribution in [0, 0.1) is 17.8 Å². The highest BCUT2D eigenvalue weighted by atomic mass is 16.4. The largest absolute Gasteiger partial charge is 0.481 e. The fraction of sp³-hybridized carbons (Fsp3) is 0.550. The van der Waals surface area contributed by atoms with E-state index in [0.717, 1.165) is 11.1 Å². The number of carboxylic acid groups (broad SMARTS) is 1. The number of carbonyl (C=O) groups excluding carboxylic acids is 5. The Morgan fingerprint density at radius 2 is 1.04 bits per heavy atom. The van der Waals surface area contributed by atoms with Crippen LogP contribution < -0.4 is 26.6 Å². The molecular weight excluding hydrogens is 694 g/mol. The summed E-state index contributed by atoms with van der Waals surface area (Å²) in [6, 6.07) is 13.1. The number of carboxylic acids is 1. The van der Waals surface area contributed by atoms with Gasteiger partial charge in [0, 0.05) is 0 Å². The first kappa shape index (κ1) is 45.3. The molecule has 5 amide bonds. The van der Waals surface area contributed by atoms with E-state index in [9.17, 15) is 44.1 Å². The lowest BCUT2D eigenvalue weighted by Crippen LogP contribution is -2.59. The van der Waals surface area contributed by atoms with E-state index in [4.69, 9.17) is 0 Å². The van der Waals surface area contributed by atoms with Gasteiger partial charge in [0.25, 0.3) is 0 Å². The third-order valence-electron chi connectivity index (χ3n) is 8.88. The minimum atomic E-state index is -1.40. The number of aliphatic hydroxyl groups excluding tert-OH is 2. The molecule has 298 valence electrons. The van der Waals surface area contributed by atoms with Crippen molar-refractivity contribution < 1.29 is 44.1 Å². The summed E-state index contributed by atoms with van der Waals surface area (Å²) in [4.78, 5) is 77.3. The molecule has 0 aromatic heterocycles.